The summed E-state index contributed by atoms with van der Waals surface area (Å²) < 4.78 is 12.1. The van der Waals surface area contributed by atoms with Gasteiger partial charge in [0, 0.05) is 31.2 Å². The number of methoxy groups -OCH3 is 1. The molecule has 2 aliphatic heterocycles. The number of hydrogen-bond donors (Lipinski definition) is 1. The van der Waals surface area contributed by atoms with Gasteiger partial charge in [-0.2, -0.15) is 0 Å². The summed E-state index contributed by atoms with van der Waals surface area (Å²) in [5, 5.41) is 0. The normalized spacial score (nSPS) is 26.7. The van der Waals surface area contributed by atoms with Crippen molar-refractivity contribution in [1.82, 2.24) is 9.80 Å². The number of piperidine rings is 1. The monoisotopic (exact) mass is 333 g/mol. The van der Waals surface area contributed by atoms with E-state index < -0.39 is 0 Å². The fraction of sp³-hybridized carbons (Fsp3) is 0.684. The molecule has 134 valence electrons. The Kier molecular flexibility index (Phi) is 5.64. The maximum absolute atomic E-state index is 6.32. The lowest BCUT2D eigenvalue weighted by Gasteiger charge is -2.30. The van der Waals surface area contributed by atoms with E-state index in [9.17, 15) is 0 Å². The molecule has 5 nitrogen and oxygen atoms in total. The summed E-state index contributed by atoms with van der Waals surface area (Å²) in [4.78, 5) is 4.74. The minimum absolute atomic E-state index is 0.281. The molecule has 0 bridgehead atoms. The Morgan fingerprint density at radius 2 is 1.96 bits per heavy atom. The van der Waals surface area contributed by atoms with Crippen LogP contribution in [0.1, 0.15) is 30.9 Å². The lowest BCUT2D eigenvalue weighted by molar-refractivity contribution is 0.110. The highest BCUT2D eigenvalue weighted by Crippen LogP contribution is 2.42. The summed E-state index contributed by atoms with van der Waals surface area (Å²) in [6.45, 7) is 3.98. The zero-order chi connectivity index (χ0) is 17.1. The van der Waals surface area contributed by atoms with Gasteiger partial charge in [0.1, 0.15) is 6.10 Å². The summed E-state index contributed by atoms with van der Waals surface area (Å²) in [5.41, 5.74) is 7.11. The van der Waals surface area contributed by atoms with E-state index in [1.54, 1.807) is 7.11 Å². The van der Waals surface area contributed by atoms with Crippen LogP contribution in [0.5, 0.6) is 11.5 Å². The van der Waals surface area contributed by atoms with E-state index >= 15 is 0 Å². The van der Waals surface area contributed by atoms with Crippen LogP contribution in [0.4, 0.5) is 0 Å². The summed E-state index contributed by atoms with van der Waals surface area (Å²) >= 11 is 0. The van der Waals surface area contributed by atoms with Crippen LogP contribution in [0.2, 0.25) is 0 Å². The highest BCUT2D eigenvalue weighted by molar-refractivity contribution is 5.48. The molecule has 0 radical (unpaired) electrons. The molecular weight excluding hydrogens is 302 g/mol. The van der Waals surface area contributed by atoms with Crippen LogP contribution in [-0.2, 0) is 0 Å². The number of hydrogen-bond acceptors (Lipinski definition) is 5. The molecule has 0 spiro atoms. The fourth-order valence-electron chi connectivity index (χ4n) is 4.03. The molecule has 2 heterocycles. The van der Waals surface area contributed by atoms with Crippen LogP contribution in [0.3, 0.4) is 0 Å². The SMILES string of the molecule is COc1c(OC2CCN(C)CC2)cccc1C1CC(CN)CN1C. The van der Waals surface area contributed by atoms with Crippen molar-refractivity contribution in [3.8, 4) is 11.5 Å². The van der Waals surface area contributed by atoms with Gasteiger partial charge in [-0.05, 0) is 51.9 Å². The minimum Gasteiger partial charge on any atom is -0.493 e. The Labute approximate surface area is 145 Å². The molecule has 24 heavy (non-hydrogen) atoms. The standard InChI is InChI=1S/C19H31N3O2/c1-21-9-7-15(8-10-21)24-18-6-4-5-16(19(18)23-3)17-11-14(12-20)13-22(17)2/h4-6,14-15,17H,7-13,20H2,1-3H3. The van der Waals surface area contributed by atoms with Gasteiger partial charge in [0.2, 0.25) is 0 Å². The van der Waals surface area contributed by atoms with Crippen molar-refractivity contribution in [1.29, 1.82) is 0 Å². The largest absolute Gasteiger partial charge is 0.493 e. The zero-order valence-corrected chi connectivity index (χ0v) is 15.2. The third-order valence-electron chi connectivity index (χ3n) is 5.50. The smallest absolute Gasteiger partial charge is 0.165 e. The maximum atomic E-state index is 6.32. The Morgan fingerprint density at radius 3 is 2.58 bits per heavy atom. The van der Waals surface area contributed by atoms with Crippen LogP contribution in [0.15, 0.2) is 18.2 Å². The van der Waals surface area contributed by atoms with E-state index in [1.165, 1.54) is 5.56 Å². The third kappa shape index (κ3) is 3.68. The molecule has 1 aromatic rings. The molecule has 2 unspecified atom stereocenters. The molecule has 0 aliphatic carbocycles. The zero-order valence-electron chi connectivity index (χ0n) is 15.2. The average molecular weight is 333 g/mol. The van der Waals surface area contributed by atoms with Gasteiger partial charge in [-0.25, -0.2) is 0 Å². The van der Waals surface area contributed by atoms with Gasteiger partial charge in [0.25, 0.3) is 0 Å². The van der Waals surface area contributed by atoms with Gasteiger partial charge in [0.15, 0.2) is 11.5 Å². The molecule has 5 heteroatoms. The van der Waals surface area contributed by atoms with Crippen molar-refractivity contribution >= 4 is 0 Å². The van der Waals surface area contributed by atoms with E-state index in [-0.39, 0.29) is 6.10 Å². The van der Waals surface area contributed by atoms with Crippen molar-refractivity contribution < 1.29 is 9.47 Å². The maximum Gasteiger partial charge on any atom is 0.165 e. The summed E-state index contributed by atoms with van der Waals surface area (Å²) in [5.74, 6) is 2.34. The van der Waals surface area contributed by atoms with E-state index in [0.717, 1.165) is 56.9 Å². The fourth-order valence-corrected chi connectivity index (χ4v) is 4.03. The molecular formula is C19H31N3O2. The first-order chi connectivity index (χ1) is 11.6. The van der Waals surface area contributed by atoms with Crippen molar-refractivity contribution in [3.63, 3.8) is 0 Å². The lowest BCUT2D eigenvalue weighted by atomic mass is 9.98. The van der Waals surface area contributed by atoms with Crippen LogP contribution in [0.25, 0.3) is 0 Å². The molecule has 2 atom stereocenters. The van der Waals surface area contributed by atoms with Gasteiger partial charge >= 0.3 is 0 Å². The van der Waals surface area contributed by atoms with Gasteiger partial charge < -0.3 is 20.1 Å². The highest BCUT2D eigenvalue weighted by Gasteiger charge is 2.32. The molecule has 0 aromatic heterocycles. The van der Waals surface area contributed by atoms with Crippen molar-refractivity contribution in [2.24, 2.45) is 11.7 Å². The van der Waals surface area contributed by atoms with Crippen LogP contribution < -0.4 is 15.2 Å². The molecule has 2 aliphatic rings. The highest BCUT2D eigenvalue weighted by atomic mass is 16.5. The Balaban J connectivity index is 1.79. The second-order valence-corrected chi connectivity index (χ2v) is 7.29. The number of nitrogens with two attached hydrogens (primary N) is 1. The first-order valence-electron chi connectivity index (χ1n) is 9.04. The first-order valence-corrected chi connectivity index (χ1v) is 9.04. The van der Waals surface area contributed by atoms with Gasteiger partial charge in [-0.1, -0.05) is 12.1 Å². The number of para-hydroxylation sites is 1. The summed E-state index contributed by atoms with van der Waals surface area (Å²) in [6, 6.07) is 6.65. The summed E-state index contributed by atoms with van der Waals surface area (Å²) in [7, 11) is 6.08. The number of benzene rings is 1. The molecule has 2 saturated heterocycles. The first kappa shape index (κ1) is 17.5. The van der Waals surface area contributed by atoms with Gasteiger partial charge in [-0.15, -0.1) is 0 Å². The Hall–Kier alpha value is -1.30. The second kappa shape index (κ2) is 7.72. The summed E-state index contributed by atoms with van der Waals surface area (Å²) in [6.07, 6.45) is 3.51. The average Bonchev–Trinajstić information content (AvgIpc) is 2.97. The second-order valence-electron chi connectivity index (χ2n) is 7.29. The predicted molar refractivity (Wildman–Crippen MR) is 96.7 cm³/mol. The lowest BCUT2D eigenvalue weighted by Crippen LogP contribution is -2.35. The van der Waals surface area contributed by atoms with E-state index in [4.69, 9.17) is 15.2 Å². The number of likely N-dealkylation sites (tertiary alicyclic amines) is 2. The third-order valence-corrected chi connectivity index (χ3v) is 5.50. The number of rotatable bonds is 5. The van der Waals surface area contributed by atoms with Crippen molar-refractivity contribution in [2.45, 2.75) is 31.4 Å². The molecule has 0 amide bonds. The van der Waals surface area contributed by atoms with Crippen LogP contribution in [0, 0.1) is 5.92 Å². The van der Waals surface area contributed by atoms with Crippen molar-refractivity contribution in [2.75, 3.05) is 47.4 Å². The van der Waals surface area contributed by atoms with E-state index in [2.05, 4.69) is 36.0 Å². The molecule has 2 fully saturated rings. The molecule has 3 rings (SSSR count). The van der Waals surface area contributed by atoms with Gasteiger partial charge in [0.05, 0.1) is 7.11 Å². The van der Waals surface area contributed by atoms with Crippen LogP contribution in [-0.4, -0.2) is 63.3 Å². The topological polar surface area (TPSA) is 51.0 Å². The van der Waals surface area contributed by atoms with Crippen molar-refractivity contribution in [3.05, 3.63) is 23.8 Å². The minimum atomic E-state index is 0.281. The van der Waals surface area contributed by atoms with E-state index in [0.29, 0.717) is 12.0 Å². The predicted octanol–water partition coefficient (Wildman–Crippen LogP) is 2.12. The Morgan fingerprint density at radius 1 is 1.21 bits per heavy atom. The van der Waals surface area contributed by atoms with E-state index in [1.807, 2.05) is 6.07 Å². The number of ether oxygens (including phenoxy) is 2. The molecule has 2 N–H and O–H groups in total. The number of nitrogens with zero attached hydrogens (tertiary/aromatic N) is 2. The van der Waals surface area contributed by atoms with Crippen LogP contribution >= 0.6 is 0 Å². The quantitative estimate of drug-likeness (QED) is 0.894. The van der Waals surface area contributed by atoms with Gasteiger partial charge in [-0.3, -0.25) is 4.90 Å². The Bertz CT molecular complexity index is 543. The molecule has 0 saturated carbocycles. The molecule has 1 aromatic carbocycles.